The fourth-order valence-corrected chi connectivity index (χ4v) is 2.14. The van der Waals surface area contributed by atoms with Gasteiger partial charge in [0.15, 0.2) is 0 Å². The van der Waals surface area contributed by atoms with Crippen molar-refractivity contribution in [1.29, 1.82) is 0 Å². The fourth-order valence-electron chi connectivity index (χ4n) is 2.14. The minimum Gasteiger partial charge on any atom is -0.397 e. The average molecular weight is 205 g/mol. The second kappa shape index (κ2) is 3.74. The van der Waals surface area contributed by atoms with Gasteiger partial charge in [0.2, 0.25) is 0 Å². The van der Waals surface area contributed by atoms with Crippen LogP contribution in [0.1, 0.15) is 25.0 Å². The van der Waals surface area contributed by atoms with Crippen LogP contribution in [0.15, 0.2) is 12.1 Å². The number of anilines is 2. The summed E-state index contributed by atoms with van der Waals surface area (Å²) < 4.78 is 0. The molecule has 15 heavy (non-hydrogen) atoms. The topological polar surface area (TPSA) is 55.3 Å². The maximum absolute atomic E-state index is 6.01. The van der Waals surface area contributed by atoms with Crippen LogP contribution in [-0.2, 0) is 13.0 Å². The van der Waals surface area contributed by atoms with Crippen LogP contribution in [0.4, 0.5) is 11.4 Å². The molecule has 82 valence electrons. The van der Waals surface area contributed by atoms with Gasteiger partial charge in [0, 0.05) is 19.1 Å². The highest BCUT2D eigenvalue weighted by Gasteiger charge is 2.20. The summed E-state index contributed by atoms with van der Waals surface area (Å²) in [5, 5.41) is 0. The van der Waals surface area contributed by atoms with Gasteiger partial charge in [-0.25, -0.2) is 0 Å². The number of hydrogen-bond donors (Lipinski definition) is 2. The van der Waals surface area contributed by atoms with E-state index in [1.54, 1.807) is 0 Å². The van der Waals surface area contributed by atoms with Crippen LogP contribution in [0.2, 0.25) is 0 Å². The molecule has 0 bridgehead atoms. The normalized spacial score (nSPS) is 16.7. The largest absolute Gasteiger partial charge is 0.397 e. The summed E-state index contributed by atoms with van der Waals surface area (Å²) in [6, 6.07) is 4.59. The summed E-state index contributed by atoms with van der Waals surface area (Å²) in [5.41, 5.74) is 15.9. The van der Waals surface area contributed by atoms with Crippen LogP contribution in [0, 0.1) is 0 Å². The smallest absolute Gasteiger partial charge is 0.0596 e. The van der Waals surface area contributed by atoms with Gasteiger partial charge < -0.3 is 11.5 Å². The van der Waals surface area contributed by atoms with E-state index >= 15 is 0 Å². The predicted octanol–water partition coefficient (Wildman–Crippen LogP) is 1.62. The van der Waals surface area contributed by atoms with Gasteiger partial charge in [-0.05, 0) is 37.5 Å². The average Bonchev–Trinajstić information content (AvgIpc) is 2.23. The van der Waals surface area contributed by atoms with Gasteiger partial charge in [0.25, 0.3) is 0 Å². The van der Waals surface area contributed by atoms with Crippen molar-refractivity contribution in [3.05, 3.63) is 23.3 Å². The molecule has 1 aliphatic heterocycles. The Morgan fingerprint density at radius 1 is 1.27 bits per heavy atom. The first kappa shape index (κ1) is 10.3. The van der Waals surface area contributed by atoms with Crippen LogP contribution < -0.4 is 11.5 Å². The molecular formula is C12H19N3. The second-order valence-corrected chi connectivity index (χ2v) is 4.52. The second-order valence-electron chi connectivity index (χ2n) is 4.52. The Hall–Kier alpha value is -1.22. The molecule has 1 aliphatic rings. The molecule has 0 fully saturated rings. The van der Waals surface area contributed by atoms with Gasteiger partial charge in [0.1, 0.15) is 0 Å². The van der Waals surface area contributed by atoms with Crippen molar-refractivity contribution in [3.63, 3.8) is 0 Å². The third-order valence-electron chi connectivity index (χ3n) is 3.25. The lowest BCUT2D eigenvalue weighted by Crippen LogP contribution is -2.36. The Balaban J connectivity index is 2.35. The van der Waals surface area contributed by atoms with Crippen LogP contribution in [0.3, 0.4) is 0 Å². The van der Waals surface area contributed by atoms with E-state index in [2.05, 4.69) is 24.8 Å². The molecule has 0 saturated carbocycles. The molecular weight excluding hydrogens is 186 g/mol. The van der Waals surface area contributed by atoms with E-state index in [1.807, 2.05) is 6.07 Å². The van der Waals surface area contributed by atoms with Crippen molar-refractivity contribution in [1.82, 2.24) is 4.90 Å². The third kappa shape index (κ3) is 1.79. The molecule has 3 nitrogen and oxygen atoms in total. The van der Waals surface area contributed by atoms with E-state index in [9.17, 15) is 0 Å². The molecule has 0 saturated heterocycles. The highest BCUT2D eigenvalue weighted by molar-refractivity contribution is 5.69. The molecule has 0 spiro atoms. The van der Waals surface area contributed by atoms with Crippen molar-refractivity contribution in [2.24, 2.45) is 0 Å². The van der Waals surface area contributed by atoms with E-state index in [-0.39, 0.29) is 0 Å². The molecule has 1 heterocycles. The SMILES string of the molecule is CC(C)N1CCc2ccc(N)c(N)c2C1. The van der Waals surface area contributed by atoms with Gasteiger partial charge in [0.05, 0.1) is 11.4 Å². The van der Waals surface area contributed by atoms with Gasteiger partial charge in [-0.2, -0.15) is 0 Å². The van der Waals surface area contributed by atoms with E-state index in [4.69, 9.17) is 11.5 Å². The number of fused-ring (bicyclic) bond motifs is 1. The van der Waals surface area contributed by atoms with Gasteiger partial charge in [-0.15, -0.1) is 0 Å². The highest BCUT2D eigenvalue weighted by Crippen LogP contribution is 2.29. The summed E-state index contributed by atoms with van der Waals surface area (Å²) in [6.07, 6.45) is 1.08. The Labute approximate surface area is 91.1 Å². The number of benzene rings is 1. The van der Waals surface area contributed by atoms with Gasteiger partial charge in [-0.1, -0.05) is 6.07 Å². The molecule has 0 aliphatic carbocycles. The minimum atomic E-state index is 0.569. The summed E-state index contributed by atoms with van der Waals surface area (Å²) in [5.74, 6) is 0. The first-order chi connectivity index (χ1) is 7.09. The Morgan fingerprint density at radius 2 is 2.00 bits per heavy atom. The van der Waals surface area contributed by atoms with Crippen LogP contribution >= 0.6 is 0 Å². The number of nitrogens with zero attached hydrogens (tertiary/aromatic N) is 1. The van der Waals surface area contributed by atoms with Gasteiger partial charge in [-0.3, -0.25) is 4.90 Å². The summed E-state index contributed by atoms with van der Waals surface area (Å²) >= 11 is 0. The van der Waals surface area contributed by atoms with Gasteiger partial charge >= 0.3 is 0 Å². The minimum absolute atomic E-state index is 0.569. The molecule has 0 atom stereocenters. The zero-order valence-corrected chi connectivity index (χ0v) is 9.46. The zero-order chi connectivity index (χ0) is 11.0. The summed E-state index contributed by atoms with van der Waals surface area (Å²) in [4.78, 5) is 2.43. The molecule has 3 heteroatoms. The molecule has 2 rings (SSSR count). The summed E-state index contributed by atoms with van der Waals surface area (Å²) in [6.45, 7) is 6.48. The van der Waals surface area contributed by atoms with Crippen LogP contribution in [0.5, 0.6) is 0 Å². The molecule has 4 N–H and O–H groups in total. The quantitative estimate of drug-likeness (QED) is 0.685. The predicted molar refractivity (Wildman–Crippen MR) is 64.5 cm³/mol. The van der Waals surface area contributed by atoms with Crippen LogP contribution in [0.25, 0.3) is 0 Å². The van der Waals surface area contributed by atoms with Crippen molar-refractivity contribution >= 4 is 11.4 Å². The lowest BCUT2D eigenvalue weighted by Gasteiger charge is -2.32. The van der Waals surface area contributed by atoms with Crippen molar-refractivity contribution in [2.75, 3.05) is 18.0 Å². The molecule has 1 aromatic carbocycles. The maximum Gasteiger partial charge on any atom is 0.0596 e. The molecule has 0 radical (unpaired) electrons. The Morgan fingerprint density at radius 3 is 2.67 bits per heavy atom. The number of hydrogen-bond acceptors (Lipinski definition) is 3. The Kier molecular flexibility index (Phi) is 2.57. The Bertz CT molecular complexity index is 371. The number of nitrogens with two attached hydrogens (primary N) is 2. The van der Waals surface area contributed by atoms with Crippen molar-refractivity contribution in [3.8, 4) is 0 Å². The molecule has 1 aromatic rings. The van der Waals surface area contributed by atoms with E-state index in [1.165, 1.54) is 11.1 Å². The summed E-state index contributed by atoms with van der Waals surface area (Å²) in [7, 11) is 0. The maximum atomic E-state index is 6.01. The number of nitrogen functional groups attached to an aromatic ring is 2. The first-order valence-corrected chi connectivity index (χ1v) is 5.49. The van der Waals surface area contributed by atoms with Crippen molar-refractivity contribution < 1.29 is 0 Å². The third-order valence-corrected chi connectivity index (χ3v) is 3.25. The van der Waals surface area contributed by atoms with E-state index in [0.29, 0.717) is 11.7 Å². The molecule has 0 amide bonds. The molecule has 0 unspecified atom stereocenters. The lowest BCUT2D eigenvalue weighted by molar-refractivity contribution is 0.204. The van der Waals surface area contributed by atoms with Crippen molar-refractivity contribution in [2.45, 2.75) is 32.9 Å². The zero-order valence-electron chi connectivity index (χ0n) is 9.46. The monoisotopic (exact) mass is 205 g/mol. The highest BCUT2D eigenvalue weighted by atomic mass is 15.1. The van der Waals surface area contributed by atoms with E-state index < -0.39 is 0 Å². The van der Waals surface area contributed by atoms with E-state index in [0.717, 1.165) is 25.2 Å². The molecule has 0 aromatic heterocycles. The lowest BCUT2D eigenvalue weighted by atomic mass is 9.96. The fraction of sp³-hybridized carbons (Fsp3) is 0.500. The van der Waals surface area contributed by atoms with Crippen LogP contribution in [-0.4, -0.2) is 17.5 Å². The number of rotatable bonds is 1. The standard InChI is InChI=1S/C12H19N3/c1-8(2)15-6-5-9-3-4-11(13)12(14)10(9)7-15/h3-4,8H,5-7,13-14H2,1-2H3. The first-order valence-electron chi connectivity index (χ1n) is 5.49.